The molecule has 2 rings (SSSR count). The molecule has 0 aliphatic rings. The Morgan fingerprint density at radius 3 is 2.39 bits per heavy atom. The monoisotopic (exact) mass is 541 g/mol. The first kappa shape index (κ1) is 31.9. The van der Waals surface area contributed by atoms with Gasteiger partial charge in [0.15, 0.2) is 0 Å². The molecule has 2 aromatic rings. The number of halogens is 2. The van der Waals surface area contributed by atoms with Crippen LogP contribution in [0.4, 0.5) is 3.89 Å². The SMILES string of the molecule is CC.Cc1cc(C(C)(C)c2ccc(OCCCN(N)/C=C(\N)CSF)cc2)ccc1OCC(O)CCl. The van der Waals surface area contributed by atoms with E-state index in [1.807, 2.05) is 45.0 Å². The molecule has 0 radical (unpaired) electrons. The van der Waals surface area contributed by atoms with Crippen molar-refractivity contribution in [1.29, 1.82) is 0 Å². The molecule has 5 N–H and O–H groups in total. The molecule has 0 fully saturated rings. The highest BCUT2D eigenvalue weighted by atomic mass is 35.5. The number of aliphatic hydroxyl groups is 1. The highest BCUT2D eigenvalue weighted by Crippen LogP contribution is 2.34. The average Bonchev–Trinajstić information content (AvgIpc) is 2.87. The van der Waals surface area contributed by atoms with Crippen molar-refractivity contribution in [2.75, 3.05) is 31.4 Å². The van der Waals surface area contributed by atoms with E-state index in [1.165, 1.54) is 11.2 Å². The molecule has 0 bridgehead atoms. The Bertz CT molecular complexity index is 929. The van der Waals surface area contributed by atoms with Crippen LogP contribution >= 0.6 is 23.7 Å². The van der Waals surface area contributed by atoms with Gasteiger partial charge >= 0.3 is 0 Å². The van der Waals surface area contributed by atoms with Gasteiger partial charge in [0, 0.05) is 30.3 Å². The average molecular weight is 542 g/mol. The van der Waals surface area contributed by atoms with Crippen molar-refractivity contribution >= 4 is 23.7 Å². The van der Waals surface area contributed by atoms with Gasteiger partial charge < -0.3 is 25.3 Å². The fraction of sp³-hybridized carbons (Fsp3) is 0.481. The first-order valence-corrected chi connectivity index (χ1v) is 13.5. The molecule has 1 atom stereocenters. The molecular formula is C27H41ClFN3O3S. The maximum Gasteiger partial charge on any atom is 0.122 e. The molecule has 202 valence electrons. The number of hydrogen-bond acceptors (Lipinski definition) is 7. The second-order valence-corrected chi connectivity index (χ2v) is 9.46. The first-order valence-electron chi connectivity index (χ1n) is 12.1. The molecule has 0 saturated carbocycles. The zero-order valence-electron chi connectivity index (χ0n) is 22.0. The van der Waals surface area contributed by atoms with Gasteiger partial charge in [-0.05, 0) is 41.8 Å². The van der Waals surface area contributed by atoms with Crippen LogP contribution in [0.1, 0.15) is 50.8 Å². The van der Waals surface area contributed by atoms with Crippen molar-refractivity contribution in [3.8, 4) is 11.5 Å². The van der Waals surface area contributed by atoms with E-state index in [9.17, 15) is 8.99 Å². The zero-order valence-corrected chi connectivity index (χ0v) is 23.5. The Morgan fingerprint density at radius 1 is 1.17 bits per heavy atom. The third-order valence-electron chi connectivity index (χ3n) is 5.46. The standard InChI is InChI=1S/C25H35ClFN3O3S.C2H6/c1-18-13-20(7-10-24(18)33-16-22(31)14-26)25(2,3)19-5-8-23(9-6-19)32-12-4-11-30(29)15-21(28)17-34-27;1-2/h5-10,13,15,22,31H,4,11-12,14,16-17,28-29H2,1-3H3;1-2H3/b21-15-;. The van der Waals surface area contributed by atoms with Crippen molar-refractivity contribution in [2.24, 2.45) is 11.6 Å². The fourth-order valence-electron chi connectivity index (χ4n) is 3.38. The second-order valence-electron chi connectivity index (χ2n) is 8.65. The van der Waals surface area contributed by atoms with Gasteiger partial charge in [-0.3, -0.25) is 0 Å². The molecular weight excluding hydrogens is 501 g/mol. The number of nitrogens with zero attached hydrogens (tertiary/aromatic N) is 1. The van der Waals surface area contributed by atoms with Crippen molar-refractivity contribution in [3.05, 3.63) is 71.1 Å². The van der Waals surface area contributed by atoms with Crippen molar-refractivity contribution in [3.63, 3.8) is 0 Å². The lowest BCUT2D eigenvalue weighted by Crippen LogP contribution is -2.28. The van der Waals surface area contributed by atoms with Crippen LogP contribution in [0.3, 0.4) is 0 Å². The summed E-state index contributed by atoms with van der Waals surface area (Å²) >= 11 is 5.80. The third kappa shape index (κ3) is 10.5. The largest absolute Gasteiger partial charge is 0.494 e. The molecule has 0 amide bonds. The minimum atomic E-state index is -0.686. The summed E-state index contributed by atoms with van der Waals surface area (Å²) in [5.74, 6) is 7.59. The molecule has 0 saturated heterocycles. The molecule has 6 nitrogen and oxygen atoms in total. The van der Waals surface area contributed by atoms with Crippen LogP contribution in [0.15, 0.2) is 54.4 Å². The van der Waals surface area contributed by atoms with Gasteiger partial charge in [0.05, 0.1) is 30.4 Å². The Labute approximate surface area is 225 Å². The van der Waals surface area contributed by atoms with Gasteiger partial charge in [-0.25, -0.2) is 5.84 Å². The summed E-state index contributed by atoms with van der Waals surface area (Å²) in [6, 6.07) is 14.2. The quantitative estimate of drug-likeness (QED) is 0.122. The number of rotatable bonds is 14. The van der Waals surface area contributed by atoms with Gasteiger partial charge in [0.2, 0.25) is 0 Å². The van der Waals surface area contributed by atoms with Crippen molar-refractivity contribution in [1.82, 2.24) is 5.01 Å². The number of ether oxygens (including phenoxy) is 2. The number of alkyl halides is 1. The van der Waals surface area contributed by atoms with E-state index in [1.54, 1.807) is 0 Å². The lowest BCUT2D eigenvalue weighted by molar-refractivity contribution is 0.125. The summed E-state index contributed by atoms with van der Waals surface area (Å²) in [5, 5.41) is 11.1. The van der Waals surface area contributed by atoms with Gasteiger partial charge in [-0.15, -0.1) is 11.6 Å². The topological polar surface area (TPSA) is 94.0 Å². The van der Waals surface area contributed by atoms with Crippen molar-refractivity contribution < 1.29 is 18.5 Å². The molecule has 2 aromatic carbocycles. The molecule has 0 aliphatic heterocycles. The van der Waals surface area contributed by atoms with E-state index in [0.717, 1.165) is 28.2 Å². The highest BCUT2D eigenvalue weighted by Gasteiger charge is 2.24. The lowest BCUT2D eigenvalue weighted by atomic mass is 9.77. The van der Waals surface area contributed by atoms with E-state index in [4.69, 9.17) is 32.7 Å². The van der Waals surface area contributed by atoms with Crippen molar-refractivity contribution in [2.45, 2.75) is 52.6 Å². The van der Waals surface area contributed by atoms with Gasteiger partial charge in [0.1, 0.15) is 24.2 Å². The van der Waals surface area contributed by atoms with Crippen LogP contribution in [0.5, 0.6) is 11.5 Å². The normalized spacial score (nSPS) is 12.4. The van der Waals surface area contributed by atoms with Gasteiger partial charge in [0.25, 0.3) is 0 Å². The van der Waals surface area contributed by atoms with Crippen LogP contribution in [-0.2, 0) is 5.41 Å². The predicted molar refractivity (Wildman–Crippen MR) is 150 cm³/mol. The van der Waals surface area contributed by atoms with E-state index >= 15 is 0 Å². The first-order chi connectivity index (χ1) is 17.2. The summed E-state index contributed by atoms with van der Waals surface area (Å²) < 4.78 is 23.7. The Morgan fingerprint density at radius 2 is 1.81 bits per heavy atom. The Kier molecular flexibility index (Phi) is 14.7. The van der Waals surface area contributed by atoms with Crippen LogP contribution < -0.4 is 21.1 Å². The molecule has 0 heterocycles. The number of benzene rings is 2. The predicted octanol–water partition coefficient (Wildman–Crippen LogP) is 5.69. The van der Waals surface area contributed by atoms with Crippen LogP contribution in [0.2, 0.25) is 0 Å². The summed E-state index contributed by atoms with van der Waals surface area (Å²) in [5.41, 5.74) is 9.13. The van der Waals surface area contributed by atoms with E-state index in [0.29, 0.717) is 25.3 Å². The fourth-order valence-corrected chi connectivity index (χ4v) is 3.67. The molecule has 0 spiro atoms. The Balaban J connectivity index is 0.00000316. The number of aryl methyl sites for hydroxylation is 1. The van der Waals surface area contributed by atoms with Gasteiger partial charge in [-0.1, -0.05) is 52.0 Å². The summed E-state index contributed by atoms with van der Waals surface area (Å²) in [6.07, 6.45) is 1.55. The zero-order chi connectivity index (χ0) is 27.1. The minimum Gasteiger partial charge on any atom is -0.494 e. The van der Waals surface area contributed by atoms with E-state index in [2.05, 4.69) is 32.0 Å². The molecule has 9 heteroatoms. The number of hydrazine groups is 1. The highest BCUT2D eigenvalue weighted by molar-refractivity contribution is 7.94. The van der Waals surface area contributed by atoms with Crippen LogP contribution in [-0.4, -0.2) is 47.6 Å². The summed E-state index contributed by atoms with van der Waals surface area (Å²) in [6.45, 7) is 11.6. The van der Waals surface area contributed by atoms with E-state index in [-0.39, 0.29) is 35.8 Å². The maximum atomic E-state index is 12.2. The molecule has 1 unspecified atom stereocenters. The maximum absolute atomic E-state index is 12.2. The van der Waals surface area contributed by atoms with Crippen LogP contribution in [0, 0.1) is 6.92 Å². The molecule has 0 aromatic heterocycles. The number of nitrogens with two attached hydrogens (primary N) is 2. The summed E-state index contributed by atoms with van der Waals surface area (Å²) in [4.78, 5) is 0. The summed E-state index contributed by atoms with van der Waals surface area (Å²) in [7, 11) is 0. The van der Waals surface area contributed by atoms with E-state index < -0.39 is 6.10 Å². The third-order valence-corrected chi connectivity index (χ3v) is 6.26. The minimum absolute atomic E-state index is 0.100. The second kappa shape index (κ2) is 16.6. The van der Waals surface area contributed by atoms with Gasteiger partial charge in [-0.2, -0.15) is 3.89 Å². The number of hydrogen-bond donors (Lipinski definition) is 3. The Hall–Kier alpha value is -2.13. The number of aliphatic hydroxyl groups excluding tert-OH is 1. The van der Waals surface area contributed by atoms with Crippen LogP contribution in [0.25, 0.3) is 0 Å². The smallest absolute Gasteiger partial charge is 0.122 e. The molecule has 36 heavy (non-hydrogen) atoms. The molecule has 0 aliphatic carbocycles. The lowest BCUT2D eigenvalue weighted by Gasteiger charge is -2.27.